The van der Waals surface area contributed by atoms with Crippen molar-refractivity contribution in [2.45, 2.75) is 199 Å². The van der Waals surface area contributed by atoms with Crippen LogP contribution in [-0.2, 0) is 32.7 Å². The molecule has 0 aromatic carbocycles. The summed E-state index contributed by atoms with van der Waals surface area (Å²) in [6, 6.07) is 0. The Bertz CT molecular complexity index is 1050. The highest BCUT2D eigenvalue weighted by Crippen LogP contribution is 2.43. The molecular formula is C44H85NO10P+. The van der Waals surface area contributed by atoms with Crippen LogP contribution in [0.1, 0.15) is 181 Å². The monoisotopic (exact) mass is 819 g/mol. The van der Waals surface area contributed by atoms with Crippen molar-refractivity contribution in [3.63, 3.8) is 0 Å². The van der Waals surface area contributed by atoms with Crippen molar-refractivity contribution in [1.29, 1.82) is 0 Å². The van der Waals surface area contributed by atoms with Gasteiger partial charge in [-0.05, 0) is 64.2 Å². The maximum Gasteiger partial charge on any atom is 0.472 e. The fraction of sp³-hybridized carbons (Fsp3) is 0.864. The molecule has 3 unspecified atom stereocenters. The van der Waals surface area contributed by atoms with Crippen LogP contribution in [-0.4, -0.2) is 97.3 Å². The number of rotatable bonds is 40. The van der Waals surface area contributed by atoms with E-state index in [0.29, 0.717) is 30.3 Å². The quantitative estimate of drug-likeness (QED) is 0.0179. The first-order valence-electron chi connectivity index (χ1n) is 22.2. The Labute approximate surface area is 342 Å². The zero-order valence-electron chi connectivity index (χ0n) is 36.3. The minimum Gasteiger partial charge on any atom is -0.462 e. The molecule has 0 aromatic rings. The second-order valence-electron chi connectivity index (χ2n) is 16.4. The van der Waals surface area contributed by atoms with Crippen molar-refractivity contribution in [3.8, 4) is 0 Å². The average Bonchev–Trinajstić information content (AvgIpc) is 3.13. The van der Waals surface area contributed by atoms with Crippen molar-refractivity contribution in [3.05, 3.63) is 24.3 Å². The SMILES string of the molecule is CCCCCCC(O)C/C=C/CCCCCCCC(=O)OC[C@H](COP(=O)(O)OCC[N+](C)(C)C)OC(=O)CCCCCCC/C=C/CC(O)CCCCCC. The summed E-state index contributed by atoms with van der Waals surface area (Å²) < 4.78 is 34.2. The normalized spacial score (nSPS) is 14.9. The summed E-state index contributed by atoms with van der Waals surface area (Å²) >= 11 is 0. The summed E-state index contributed by atoms with van der Waals surface area (Å²) in [6.45, 7) is 4.17. The van der Waals surface area contributed by atoms with E-state index in [9.17, 15) is 29.3 Å². The maximum absolute atomic E-state index is 12.7. The first kappa shape index (κ1) is 54.4. The Balaban J connectivity index is 4.46. The topological polar surface area (TPSA) is 149 Å². The smallest absolute Gasteiger partial charge is 0.462 e. The summed E-state index contributed by atoms with van der Waals surface area (Å²) in [6.07, 6.45) is 31.3. The van der Waals surface area contributed by atoms with Gasteiger partial charge in [0.1, 0.15) is 19.8 Å². The number of quaternary nitrogens is 1. The van der Waals surface area contributed by atoms with Gasteiger partial charge in [0.2, 0.25) is 0 Å². The summed E-state index contributed by atoms with van der Waals surface area (Å²) in [5, 5.41) is 20.1. The molecule has 0 radical (unpaired) electrons. The number of phosphoric acid groups is 1. The Morgan fingerprint density at radius 3 is 1.57 bits per heavy atom. The van der Waals surface area contributed by atoms with Crippen LogP contribution in [0.4, 0.5) is 0 Å². The lowest BCUT2D eigenvalue weighted by molar-refractivity contribution is -0.870. The molecule has 56 heavy (non-hydrogen) atoms. The number of unbranched alkanes of at least 4 members (excludes halogenated alkanes) is 16. The highest BCUT2D eigenvalue weighted by molar-refractivity contribution is 7.47. The highest BCUT2D eigenvalue weighted by atomic mass is 31.2. The number of hydrogen-bond donors (Lipinski definition) is 3. The van der Waals surface area contributed by atoms with Crippen molar-refractivity contribution in [2.24, 2.45) is 0 Å². The average molecular weight is 819 g/mol. The highest BCUT2D eigenvalue weighted by Gasteiger charge is 2.27. The number of hydrogen-bond acceptors (Lipinski definition) is 9. The molecule has 0 saturated heterocycles. The first-order chi connectivity index (χ1) is 26.8. The van der Waals surface area contributed by atoms with Gasteiger partial charge in [-0.25, -0.2) is 4.57 Å². The zero-order valence-corrected chi connectivity index (χ0v) is 37.2. The molecule has 0 bridgehead atoms. The number of nitrogens with zero attached hydrogens (tertiary/aromatic N) is 1. The minimum absolute atomic E-state index is 0.00934. The van der Waals surface area contributed by atoms with Crippen LogP contribution in [0.2, 0.25) is 0 Å². The van der Waals surface area contributed by atoms with Crippen LogP contribution >= 0.6 is 7.82 Å². The van der Waals surface area contributed by atoms with Gasteiger partial charge in [0, 0.05) is 12.8 Å². The molecule has 0 aliphatic heterocycles. The Morgan fingerprint density at radius 2 is 1.07 bits per heavy atom. The van der Waals surface area contributed by atoms with E-state index in [2.05, 4.69) is 38.2 Å². The molecule has 0 aliphatic carbocycles. The minimum atomic E-state index is -4.40. The van der Waals surface area contributed by atoms with E-state index in [-0.39, 0.29) is 38.3 Å². The molecule has 330 valence electrons. The molecular weight excluding hydrogens is 733 g/mol. The summed E-state index contributed by atoms with van der Waals surface area (Å²) in [7, 11) is 1.40. The lowest BCUT2D eigenvalue weighted by Gasteiger charge is -2.24. The van der Waals surface area contributed by atoms with Crippen molar-refractivity contribution in [1.82, 2.24) is 0 Å². The lowest BCUT2D eigenvalue weighted by atomic mass is 10.1. The van der Waals surface area contributed by atoms with Gasteiger partial charge in [0.15, 0.2) is 6.10 Å². The number of carbonyl (C=O) groups is 2. The third kappa shape index (κ3) is 39.2. The van der Waals surface area contributed by atoms with E-state index in [1.807, 2.05) is 21.1 Å². The van der Waals surface area contributed by atoms with Crippen LogP contribution < -0.4 is 0 Å². The standard InChI is InChI=1S/C44H84NO10P/c1-6-8-10-24-30-40(46)32-26-20-16-12-14-18-22-28-34-43(48)52-38-42(39-54-56(50,51)53-37-36-45(3,4)5)55-44(49)35-29-23-19-15-13-17-21-27-33-41(47)31-25-11-9-7-2/h20-21,26-27,40-42,46-47H,6-19,22-25,28-39H2,1-5H3/p+1/b26-20+,27-21+/t40?,41?,42-/m1/s1. The molecule has 0 spiro atoms. The van der Waals surface area contributed by atoms with E-state index < -0.39 is 32.5 Å². The molecule has 0 heterocycles. The van der Waals surface area contributed by atoms with E-state index in [1.54, 1.807) is 0 Å². The van der Waals surface area contributed by atoms with E-state index >= 15 is 0 Å². The number of likely N-dealkylation sites (N-methyl/N-ethyl adjacent to an activating group) is 1. The molecule has 0 amide bonds. The zero-order chi connectivity index (χ0) is 41.8. The van der Waals surface area contributed by atoms with Gasteiger partial charge < -0.3 is 29.1 Å². The number of carbonyl (C=O) groups excluding carboxylic acids is 2. The van der Waals surface area contributed by atoms with Gasteiger partial charge in [-0.2, -0.15) is 0 Å². The van der Waals surface area contributed by atoms with Gasteiger partial charge in [-0.3, -0.25) is 18.6 Å². The van der Waals surface area contributed by atoms with Gasteiger partial charge in [-0.15, -0.1) is 0 Å². The summed E-state index contributed by atoms with van der Waals surface area (Å²) in [5.41, 5.74) is 0. The Hall–Kier alpha value is -1.59. The molecule has 0 aliphatic rings. The van der Waals surface area contributed by atoms with E-state index in [4.69, 9.17) is 18.5 Å². The van der Waals surface area contributed by atoms with Crippen molar-refractivity contribution in [2.75, 3.05) is 47.5 Å². The van der Waals surface area contributed by atoms with Crippen molar-refractivity contribution < 1.29 is 52.3 Å². The van der Waals surface area contributed by atoms with Crippen LogP contribution in [0.15, 0.2) is 24.3 Å². The van der Waals surface area contributed by atoms with Crippen LogP contribution in [0.5, 0.6) is 0 Å². The number of phosphoric ester groups is 1. The number of allylic oxidation sites excluding steroid dienone is 2. The molecule has 3 N–H and O–H groups in total. The first-order valence-corrected chi connectivity index (χ1v) is 23.7. The third-order valence-corrected chi connectivity index (χ3v) is 10.6. The van der Waals surface area contributed by atoms with Crippen LogP contribution in [0, 0.1) is 0 Å². The van der Waals surface area contributed by atoms with Crippen LogP contribution in [0.3, 0.4) is 0 Å². The van der Waals surface area contributed by atoms with Gasteiger partial charge in [0.05, 0.1) is 40.0 Å². The van der Waals surface area contributed by atoms with Gasteiger partial charge in [0.25, 0.3) is 0 Å². The fourth-order valence-electron chi connectivity index (χ4n) is 5.98. The second-order valence-corrected chi connectivity index (χ2v) is 17.9. The lowest BCUT2D eigenvalue weighted by Crippen LogP contribution is -2.37. The third-order valence-electron chi connectivity index (χ3n) is 9.60. The number of aliphatic hydroxyl groups is 2. The Kier molecular flexibility index (Phi) is 35.5. The van der Waals surface area contributed by atoms with E-state index in [0.717, 1.165) is 96.3 Å². The van der Waals surface area contributed by atoms with Gasteiger partial charge in [-0.1, -0.05) is 128 Å². The predicted molar refractivity (Wildman–Crippen MR) is 227 cm³/mol. The van der Waals surface area contributed by atoms with Crippen molar-refractivity contribution >= 4 is 19.8 Å². The molecule has 12 heteroatoms. The molecule has 11 nitrogen and oxygen atoms in total. The van der Waals surface area contributed by atoms with Gasteiger partial charge >= 0.3 is 19.8 Å². The molecule has 0 saturated carbocycles. The largest absolute Gasteiger partial charge is 0.472 e. The number of esters is 2. The number of aliphatic hydroxyl groups excluding tert-OH is 2. The predicted octanol–water partition coefficient (Wildman–Crippen LogP) is 10.3. The molecule has 0 rings (SSSR count). The summed E-state index contributed by atoms with van der Waals surface area (Å²) in [5.74, 6) is -0.889. The van der Waals surface area contributed by atoms with E-state index in [1.165, 1.54) is 38.5 Å². The molecule has 4 atom stereocenters. The number of ether oxygens (including phenoxy) is 2. The molecule has 0 aromatic heterocycles. The van der Waals surface area contributed by atoms with Crippen LogP contribution in [0.25, 0.3) is 0 Å². The second kappa shape index (κ2) is 36.5. The Morgan fingerprint density at radius 1 is 0.607 bits per heavy atom. The fourth-order valence-corrected chi connectivity index (χ4v) is 6.72. The molecule has 0 fully saturated rings. The summed E-state index contributed by atoms with van der Waals surface area (Å²) in [4.78, 5) is 35.4. The maximum atomic E-state index is 12.7.